The molecule has 0 radical (unpaired) electrons. The minimum absolute atomic E-state index is 0.219. The number of rotatable bonds is 5. The maximum atomic E-state index is 13.0. The number of benzene rings is 3. The van der Waals surface area contributed by atoms with Crippen LogP contribution < -0.4 is 0 Å². The first kappa shape index (κ1) is 17.7. The molecule has 0 heterocycles. The van der Waals surface area contributed by atoms with Gasteiger partial charge < -0.3 is 0 Å². The van der Waals surface area contributed by atoms with Crippen LogP contribution in [0.25, 0.3) is 11.1 Å². The van der Waals surface area contributed by atoms with Crippen LogP contribution in [-0.2, 0) is 6.42 Å². The Kier molecular flexibility index (Phi) is 6.01. The van der Waals surface area contributed by atoms with E-state index in [0.717, 1.165) is 41.5 Å². The average molecular weight is 340 g/mol. The summed E-state index contributed by atoms with van der Waals surface area (Å²) in [7, 11) is 0. The Labute approximate surface area is 155 Å². The number of unbranched alkanes of at least 4 members (excludes halogenated alkanes) is 1. The van der Waals surface area contributed by atoms with E-state index in [1.807, 2.05) is 30.3 Å². The molecule has 0 saturated heterocycles. The van der Waals surface area contributed by atoms with E-state index in [0.29, 0.717) is 0 Å². The van der Waals surface area contributed by atoms with Gasteiger partial charge in [0, 0.05) is 11.1 Å². The maximum absolute atomic E-state index is 13.0. The zero-order chi connectivity index (χ0) is 18.2. The van der Waals surface area contributed by atoms with Gasteiger partial charge in [-0.25, -0.2) is 4.39 Å². The van der Waals surface area contributed by atoms with Crippen molar-refractivity contribution < 1.29 is 4.39 Å². The molecule has 0 bridgehead atoms. The van der Waals surface area contributed by atoms with Crippen LogP contribution in [0.1, 0.15) is 29.5 Å². The van der Waals surface area contributed by atoms with Gasteiger partial charge in [0.15, 0.2) is 0 Å². The molecule has 0 atom stereocenters. The highest BCUT2D eigenvalue weighted by Crippen LogP contribution is 2.20. The third kappa shape index (κ3) is 4.94. The van der Waals surface area contributed by atoms with E-state index < -0.39 is 0 Å². The predicted octanol–water partition coefficient (Wildman–Crippen LogP) is 6.40. The number of hydrogen-bond donors (Lipinski definition) is 0. The Morgan fingerprint density at radius 3 is 1.77 bits per heavy atom. The fourth-order valence-electron chi connectivity index (χ4n) is 2.74. The maximum Gasteiger partial charge on any atom is 0.123 e. The monoisotopic (exact) mass is 340 g/mol. The minimum Gasteiger partial charge on any atom is -0.207 e. The molecule has 26 heavy (non-hydrogen) atoms. The van der Waals surface area contributed by atoms with E-state index in [4.69, 9.17) is 0 Å². The van der Waals surface area contributed by atoms with Crippen LogP contribution in [0.15, 0.2) is 85.5 Å². The van der Waals surface area contributed by atoms with Gasteiger partial charge in [-0.1, -0.05) is 54.3 Å². The molecule has 0 spiro atoms. The lowest BCUT2D eigenvalue weighted by atomic mass is 10.0. The number of hydrogen-bond acceptors (Lipinski definition) is 0. The fraction of sp³-hybridized carbons (Fsp3) is 0.120. The Morgan fingerprint density at radius 2 is 1.23 bits per heavy atom. The normalized spacial score (nSPS) is 10.0. The minimum atomic E-state index is -0.219. The molecule has 3 rings (SSSR count). The van der Waals surface area contributed by atoms with E-state index in [9.17, 15) is 4.39 Å². The highest BCUT2D eigenvalue weighted by Gasteiger charge is 1.98. The van der Waals surface area contributed by atoms with Crippen LogP contribution in [0.2, 0.25) is 0 Å². The van der Waals surface area contributed by atoms with E-state index in [1.165, 1.54) is 17.7 Å². The SMILES string of the molecule is C=CCCCc1ccc(C#Cc2ccc(-c3ccc(F)cc3)cc2)cc1. The quantitative estimate of drug-likeness (QED) is 0.286. The van der Waals surface area contributed by atoms with Crippen molar-refractivity contribution in [2.24, 2.45) is 0 Å². The first-order valence-electron chi connectivity index (χ1n) is 8.82. The lowest BCUT2D eigenvalue weighted by Crippen LogP contribution is -1.85. The molecule has 0 saturated carbocycles. The summed E-state index contributed by atoms with van der Waals surface area (Å²) in [4.78, 5) is 0. The van der Waals surface area contributed by atoms with Crippen molar-refractivity contribution in [3.05, 3.63) is 108 Å². The third-order valence-electron chi connectivity index (χ3n) is 4.24. The predicted molar refractivity (Wildman–Crippen MR) is 107 cm³/mol. The van der Waals surface area contributed by atoms with Crippen molar-refractivity contribution in [2.45, 2.75) is 19.3 Å². The number of halogens is 1. The summed E-state index contributed by atoms with van der Waals surface area (Å²) in [5.41, 5.74) is 5.37. The average Bonchev–Trinajstić information content (AvgIpc) is 2.69. The van der Waals surface area contributed by atoms with Gasteiger partial charge >= 0.3 is 0 Å². The van der Waals surface area contributed by atoms with Crippen molar-refractivity contribution in [2.75, 3.05) is 0 Å². The molecule has 0 aromatic heterocycles. The summed E-state index contributed by atoms with van der Waals surface area (Å²) in [5.74, 6) is 6.18. The van der Waals surface area contributed by atoms with E-state index in [2.05, 4.69) is 42.7 Å². The van der Waals surface area contributed by atoms with Crippen molar-refractivity contribution >= 4 is 0 Å². The van der Waals surface area contributed by atoms with Crippen molar-refractivity contribution in [1.29, 1.82) is 0 Å². The molecule has 128 valence electrons. The van der Waals surface area contributed by atoms with Crippen molar-refractivity contribution in [1.82, 2.24) is 0 Å². The van der Waals surface area contributed by atoms with Crippen molar-refractivity contribution in [3.63, 3.8) is 0 Å². The summed E-state index contributed by atoms with van der Waals surface area (Å²) in [6.07, 6.45) is 5.22. The highest BCUT2D eigenvalue weighted by atomic mass is 19.1. The summed E-state index contributed by atoms with van der Waals surface area (Å²) in [5, 5.41) is 0. The molecule has 0 nitrogen and oxygen atoms in total. The van der Waals surface area contributed by atoms with Gasteiger partial charge in [0.1, 0.15) is 5.82 Å². The first-order valence-corrected chi connectivity index (χ1v) is 8.82. The Balaban J connectivity index is 1.66. The largest absolute Gasteiger partial charge is 0.207 e. The van der Waals surface area contributed by atoms with Gasteiger partial charge in [0.05, 0.1) is 0 Å². The second kappa shape index (κ2) is 8.83. The molecule has 3 aromatic carbocycles. The molecule has 0 aliphatic carbocycles. The third-order valence-corrected chi connectivity index (χ3v) is 4.24. The highest BCUT2D eigenvalue weighted by molar-refractivity contribution is 5.64. The zero-order valence-electron chi connectivity index (χ0n) is 14.7. The van der Waals surface area contributed by atoms with Gasteiger partial charge in [-0.2, -0.15) is 0 Å². The topological polar surface area (TPSA) is 0 Å². The fourth-order valence-corrected chi connectivity index (χ4v) is 2.74. The van der Waals surface area contributed by atoms with Crippen LogP contribution in [0.3, 0.4) is 0 Å². The zero-order valence-corrected chi connectivity index (χ0v) is 14.7. The van der Waals surface area contributed by atoms with Crippen molar-refractivity contribution in [3.8, 4) is 23.0 Å². The van der Waals surface area contributed by atoms with Gasteiger partial charge in [-0.3, -0.25) is 0 Å². The summed E-state index contributed by atoms with van der Waals surface area (Å²) in [6.45, 7) is 3.75. The molecule has 0 N–H and O–H groups in total. The van der Waals surface area contributed by atoms with Crippen LogP contribution in [0, 0.1) is 17.7 Å². The molecule has 1 heteroatoms. The Morgan fingerprint density at radius 1 is 0.731 bits per heavy atom. The number of aryl methyl sites for hydroxylation is 1. The first-order chi connectivity index (χ1) is 12.7. The van der Waals surface area contributed by atoms with Gasteiger partial charge in [-0.05, 0) is 72.4 Å². The molecule has 0 aliphatic rings. The van der Waals surface area contributed by atoms with E-state index in [-0.39, 0.29) is 5.82 Å². The van der Waals surface area contributed by atoms with E-state index >= 15 is 0 Å². The standard InChI is InChI=1S/C25H21F/c1-2-3-4-5-20-6-8-21(9-7-20)10-11-22-12-14-23(15-13-22)24-16-18-25(26)19-17-24/h2,6-9,12-19H,1,3-5H2. The van der Waals surface area contributed by atoms with Gasteiger partial charge in [0.2, 0.25) is 0 Å². The molecule has 0 amide bonds. The molecule has 0 unspecified atom stereocenters. The number of allylic oxidation sites excluding steroid dienone is 1. The van der Waals surface area contributed by atoms with E-state index in [1.54, 1.807) is 12.1 Å². The summed E-state index contributed by atoms with van der Waals surface area (Å²) in [6, 6.07) is 23.0. The second-order valence-electron chi connectivity index (χ2n) is 6.21. The Hall–Kier alpha value is -3.11. The molecule has 0 aliphatic heterocycles. The van der Waals surface area contributed by atoms with Gasteiger partial charge in [0.25, 0.3) is 0 Å². The van der Waals surface area contributed by atoms with Crippen LogP contribution >= 0.6 is 0 Å². The molecule has 3 aromatic rings. The second-order valence-corrected chi connectivity index (χ2v) is 6.21. The van der Waals surface area contributed by atoms with Gasteiger partial charge in [-0.15, -0.1) is 6.58 Å². The smallest absolute Gasteiger partial charge is 0.123 e. The lowest BCUT2D eigenvalue weighted by Gasteiger charge is -2.01. The van der Waals surface area contributed by atoms with Crippen LogP contribution in [0.5, 0.6) is 0 Å². The van der Waals surface area contributed by atoms with Crippen LogP contribution in [-0.4, -0.2) is 0 Å². The molecular weight excluding hydrogens is 319 g/mol. The summed E-state index contributed by atoms with van der Waals surface area (Å²) >= 11 is 0. The van der Waals surface area contributed by atoms with Crippen LogP contribution in [0.4, 0.5) is 4.39 Å². The summed E-state index contributed by atoms with van der Waals surface area (Å²) < 4.78 is 13.0. The molecule has 0 fully saturated rings. The molecular formula is C25H21F. The lowest BCUT2D eigenvalue weighted by molar-refractivity contribution is 0.628. The Bertz CT molecular complexity index is 905.